The van der Waals surface area contributed by atoms with Crippen molar-refractivity contribution < 1.29 is 4.79 Å². The first-order valence-corrected chi connectivity index (χ1v) is 9.50. The summed E-state index contributed by atoms with van der Waals surface area (Å²) in [4.78, 5) is 24.2. The molecule has 2 N–H and O–H groups in total. The number of aromatic amines is 1. The number of nitrogens with one attached hydrogen (secondary N) is 2. The lowest BCUT2D eigenvalue weighted by Gasteiger charge is -2.27. The zero-order chi connectivity index (χ0) is 19.1. The van der Waals surface area contributed by atoms with Crippen LogP contribution in [0.3, 0.4) is 0 Å². The van der Waals surface area contributed by atoms with Crippen LogP contribution in [0, 0.1) is 0 Å². The zero-order valence-electron chi connectivity index (χ0n) is 15.6. The first kappa shape index (κ1) is 16.7. The fraction of sp³-hybridized carbons (Fsp3) is 0.300. The fourth-order valence-electron chi connectivity index (χ4n) is 3.91. The van der Waals surface area contributed by atoms with Crippen molar-refractivity contribution in [2.75, 3.05) is 23.3 Å². The van der Waals surface area contributed by atoms with Gasteiger partial charge in [0.2, 0.25) is 0 Å². The van der Waals surface area contributed by atoms with Gasteiger partial charge in [-0.3, -0.25) is 9.89 Å². The summed E-state index contributed by atoms with van der Waals surface area (Å²) in [7, 11) is 1.86. The maximum atomic E-state index is 12.9. The summed E-state index contributed by atoms with van der Waals surface area (Å²) in [5.74, 6) is 0.738. The Kier molecular flexibility index (Phi) is 3.96. The van der Waals surface area contributed by atoms with E-state index in [-0.39, 0.29) is 5.91 Å². The van der Waals surface area contributed by atoms with Gasteiger partial charge in [-0.2, -0.15) is 5.10 Å². The summed E-state index contributed by atoms with van der Waals surface area (Å²) in [5.41, 5.74) is 2.92. The quantitative estimate of drug-likeness (QED) is 0.574. The van der Waals surface area contributed by atoms with E-state index in [1.54, 1.807) is 12.5 Å². The minimum absolute atomic E-state index is 0.177. The van der Waals surface area contributed by atoms with Gasteiger partial charge in [-0.1, -0.05) is 0 Å². The molecule has 0 radical (unpaired) electrons. The van der Waals surface area contributed by atoms with Crippen LogP contribution >= 0.6 is 0 Å². The number of H-pyrrole nitrogens is 1. The Bertz CT molecular complexity index is 1170. The van der Waals surface area contributed by atoms with Gasteiger partial charge in [0.1, 0.15) is 23.5 Å². The van der Waals surface area contributed by atoms with Crippen LogP contribution in [-0.2, 0) is 7.05 Å². The molecule has 1 aliphatic rings. The number of carbonyl (C=O) groups is 1. The van der Waals surface area contributed by atoms with Gasteiger partial charge in [-0.25, -0.2) is 9.97 Å². The van der Waals surface area contributed by atoms with Crippen LogP contribution in [0.15, 0.2) is 36.8 Å². The van der Waals surface area contributed by atoms with Gasteiger partial charge < -0.3 is 14.8 Å². The third kappa shape index (κ3) is 2.77. The second kappa shape index (κ2) is 6.63. The van der Waals surface area contributed by atoms with Crippen LogP contribution in [0.5, 0.6) is 0 Å². The van der Waals surface area contributed by atoms with Crippen molar-refractivity contribution in [1.29, 1.82) is 0 Å². The zero-order valence-corrected chi connectivity index (χ0v) is 15.6. The second-order valence-electron chi connectivity index (χ2n) is 7.20. The molecule has 1 aromatic carbocycles. The van der Waals surface area contributed by atoms with E-state index in [0.29, 0.717) is 11.4 Å². The standard InChI is InChI=1S/C20H21N7O/c1-26-17(20(28)24-14-6-5-13-11-23-25-16(13)9-14)10-15-18(26)21-12-22-19(15)27-7-3-2-4-8-27/h5-6,9-12H,2-4,7-8H2,1H3,(H,23,25)(H,24,28). The predicted molar refractivity (Wildman–Crippen MR) is 109 cm³/mol. The van der Waals surface area contributed by atoms with Crippen molar-refractivity contribution in [1.82, 2.24) is 24.7 Å². The van der Waals surface area contributed by atoms with Gasteiger partial charge >= 0.3 is 0 Å². The molecule has 0 unspecified atom stereocenters. The topological polar surface area (TPSA) is 91.7 Å². The van der Waals surface area contributed by atoms with Gasteiger partial charge in [0.25, 0.3) is 5.91 Å². The smallest absolute Gasteiger partial charge is 0.272 e. The van der Waals surface area contributed by atoms with E-state index in [1.165, 1.54) is 19.3 Å². The highest BCUT2D eigenvalue weighted by Crippen LogP contribution is 2.28. The third-order valence-electron chi connectivity index (χ3n) is 5.39. The van der Waals surface area contributed by atoms with Crippen LogP contribution < -0.4 is 10.2 Å². The second-order valence-corrected chi connectivity index (χ2v) is 7.20. The summed E-state index contributed by atoms with van der Waals surface area (Å²) in [6.07, 6.45) is 6.93. The number of carbonyl (C=O) groups excluding carboxylic acids is 1. The predicted octanol–water partition coefficient (Wildman–Crippen LogP) is 3.09. The molecule has 1 amide bonds. The molecule has 4 aromatic rings. The van der Waals surface area contributed by atoms with E-state index >= 15 is 0 Å². The van der Waals surface area contributed by atoms with E-state index in [2.05, 4.69) is 30.4 Å². The number of piperidine rings is 1. The number of hydrogen-bond acceptors (Lipinski definition) is 5. The number of nitrogens with zero attached hydrogens (tertiary/aromatic N) is 5. The van der Waals surface area contributed by atoms with Gasteiger partial charge in [-0.05, 0) is 43.5 Å². The molecule has 1 aliphatic heterocycles. The Morgan fingerprint density at radius 1 is 1.14 bits per heavy atom. The largest absolute Gasteiger partial charge is 0.356 e. The third-order valence-corrected chi connectivity index (χ3v) is 5.39. The van der Waals surface area contributed by atoms with Crippen molar-refractivity contribution in [3.8, 4) is 0 Å². The van der Waals surface area contributed by atoms with Crippen LogP contribution in [0.4, 0.5) is 11.5 Å². The molecular weight excluding hydrogens is 354 g/mol. The first-order chi connectivity index (χ1) is 13.7. The number of hydrogen-bond donors (Lipinski definition) is 2. The molecule has 0 bridgehead atoms. The Labute approximate surface area is 161 Å². The minimum Gasteiger partial charge on any atom is -0.356 e. The summed E-state index contributed by atoms with van der Waals surface area (Å²) in [6.45, 7) is 1.99. The maximum absolute atomic E-state index is 12.9. The molecule has 5 rings (SSSR count). The number of aromatic nitrogens is 5. The Morgan fingerprint density at radius 2 is 2.00 bits per heavy atom. The van der Waals surface area contributed by atoms with E-state index < -0.39 is 0 Å². The van der Waals surface area contributed by atoms with Crippen molar-refractivity contribution >= 4 is 39.3 Å². The van der Waals surface area contributed by atoms with E-state index in [1.807, 2.05) is 35.9 Å². The van der Waals surface area contributed by atoms with Gasteiger partial charge in [0, 0.05) is 31.2 Å². The van der Waals surface area contributed by atoms with Gasteiger partial charge in [0.05, 0.1) is 17.1 Å². The highest BCUT2D eigenvalue weighted by molar-refractivity contribution is 6.07. The molecule has 1 fully saturated rings. The molecule has 142 valence electrons. The van der Waals surface area contributed by atoms with E-state index in [4.69, 9.17) is 0 Å². The molecule has 0 aliphatic carbocycles. The maximum Gasteiger partial charge on any atom is 0.272 e. The van der Waals surface area contributed by atoms with Crippen LogP contribution in [0.2, 0.25) is 0 Å². The highest BCUT2D eigenvalue weighted by Gasteiger charge is 2.21. The molecule has 3 aromatic heterocycles. The molecule has 8 nitrogen and oxygen atoms in total. The van der Waals surface area contributed by atoms with Crippen molar-refractivity contribution in [3.05, 3.63) is 42.5 Å². The molecule has 8 heteroatoms. The fourth-order valence-corrected chi connectivity index (χ4v) is 3.91. The van der Waals surface area contributed by atoms with Crippen molar-refractivity contribution in [2.45, 2.75) is 19.3 Å². The average molecular weight is 375 g/mol. The van der Waals surface area contributed by atoms with Crippen LogP contribution in [-0.4, -0.2) is 43.7 Å². The van der Waals surface area contributed by atoms with Gasteiger partial charge in [0.15, 0.2) is 0 Å². The number of fused-ring (bicyclic) bond motifs is 2. The normalized spacial score (nSPS) is 14.7. The number of amides is 1. The SMILES string of the molecule is Cn1c(C(=O)Nc2ccc3cn[nH]c3c2)cc2c(N3CCCCC3)ncnc21. The lowest BCUT2D eigenvalue weighted by molar-refractivity contribution is 0.101. The number of benzene rings is 1. The number of rotatable bonds is 3. The molecule has 0 atom stereocenters. The molecule has 28 heavy (non-hydrogen) atoms. The average Bonchev–Trinajstić information content (AvgIpc) is 3.33. The Hall–Kier alpha value is -3.42. The summed E-state index contributed by atoms with van der Waals surface area (Å²) >= 11 is 0. The van der Waals surface area contributed by atoms with Crippen molar-refractivity contribution in [3.63, 3.8) is 0 Å². The van der Waals surface area contributed by atoms with E-state index in [0.717, 1.165) is 40.8 Å². The molecule has 1 saturated heterocycles. The minimum atomic E-state index is -0.177. The lowest BCUT2D eigenvalue weighted by atomic mass is 10.1. The molecular formula is C20H21N7O. The van der Waals surface area contributed by atoms with Crippen molar-refractivity contribution in [2.24, 2.45) is 7.05 Å². The number of aryl methyl sites for hydroxylation is 1. The van der Waals surface area contributed by atoms with Crippen LogP contribution in [0.1, 0.15) is 29.8 Å². The Morgan fingerprint density at radius 3 is 2.86 bits per heavy atom. The monoisotopic (exact) mass is 375 g/mol. The Balaban J connectivity index is 1.49. The summed E-state index contributed by atoms with van der Waals surface area (Å²) in [5, 5.41) is 11.8. The first-order valence-electron chi connectivity index (χ1n) is 9.50. The number of anilines is 2. The van der Waals surface area contributed by atoms with Crippen LogP contribution in [0.25, 0.3) is 21.9 Å². The summed E-state index contributed by atoms with van der Waals surface area (Å²) in [6, 6.07) is 7.57. The molecule has 4 heterocycles. The summed E-state index contributed by atoms with van der Waals surface area (Å²) < 4.78 is 1.83. The lowest BCUT2D eigenvalue weighted by Crippen LogP contribution is -2.30. The van der Waals surface area contributed by atoms with Gasteiger partial charge in [-0.15, -0.1) is 0 Å². The molecule has 0 saturated carbocycles. The van der Waals surface area contributed by atoms with E-state index in [9.17, 15) is 4.79 Å². The molecule has 0 spiro atoms. The highest BCUT2D eigenvalue weighted by atomic mass is 16.1.